The molecule has 1 aromatic heterocycles. The molecule has 5 rings (SSSR count). The van der Waals surface area contributed by atoms with E-state index in [9.17, 15) is 4.79 Å². The third-order valence-electron chi connectivity index (χ3n) is 5.18. The second-order valence-electron chi connectivity index (χ2n) is 7.43. The monoisotopic (exact) mass is 453 g/mol. The SMILES string of the molecule is Cc1ccc(N2C(=O)/C(=C\c3cn(-c4ccccc4)nc3-c3ccccc3)SC2=S)cc1. The lowest BCUT2D eigenvalue weighted by atomic mass is 10.1. The quantitative estimate of drug-likeness (QED) is 0.270. The van der Waals surface area contributed by atoms with Crippen LogP contribution in [-0.4, -0.2) is 20.0 Å². The summed E-state index contributed by atoms with van der Waals surface area (Å²) < 4.78 is 2.37. The minimum Gasteiger partial charge on any atom is -0.268 e. The zero-order valence-corrected chi connectivity index (χ0v) is 18.9. The first-order valence-electron chi connectivity index (χ1n) is 10.2. The second-order valence-corrected chi connectivity index (χ2v) is 9.11. The number of amides is 1. The summed E-state index contributed by atoms with van der Waals surface area (Å²) in [4.78, 5) is 15.4. The van der Waals surface area contributed by atoms with Gasteiger partial charge < -0.3 is 0 Å². The van der Waals surface area contributed by atoms with Gasteiger partial charge in [-0.1, -0.05) is 90.2 Å². The Bertz CT molecular complexity index is 1330. The predicted molar refractivity (Wildman–Crippen MR) is 136 cm³/mol. The van der Waals surface area contributed by atoms with Crippen LogP contribution in [0.15, 0.2) is 96.0 Å². The number of nitrogens with zero attached hydrogens (tertiary/aromatic N) is 3. The first kappa shape index (κ1) is 20.4. The molecule has 0 unspecified atom stereocenters. The van der Waals surface area contributed by atoms with Crippen molar-refractivity contribution in [2.75, 3.05) is 4.90 Å². The summed E-state index contributed by atoms with van der Waals surface area (Å²) in [6.07, 6.45) is 3.85. The van der Waals surface area contributed by atoms with Crippen molar-refractivity contribution >= 4 is 46.0 Å². The molecule has 0 N–H and O–H groups in total. The fourth-order valence-electron chi connectivity index (χ4n) is 3.55. The molecule has 0 atom stereocenters. The Morgan fingerprint density at radius 2 is 1.53 bits per heavy atom. The van der Waals surface area contributed by atoms with Crippen LogP contribution in [-0.2, 0) is 4.79 Å². The van der Waals surface area contributed by atoms with Gasteiger partial charge in [-0.25, -0.2) is 4.68 Å². The van der Waals surface area contributed by atoms with Crippen LogP contribution in [0.5, 0.6) is 0 Å². The van der Waals surface area contributed by atoms with Crippen molar-refractivity contribution in [1.29, 1.82) is 0 Å². The number of thiocarbonyl (C=S) groups is 1. The summed E-state index contributed by atoms with van der Waals surface area (Å²) in [5, 5.41) is 4.83. The highest BCUT2D eigenvalue weighted by Crippen LogP contribution is 2.37. The fraction of sp³-hybridized carbons (Fsp3) is 0.0385. The van der Waals surface area contributed by atoms with Crippen molar-refractivity contribution in [3.8, 4) is 16.9 Å². The zero-order valence-electron chi connectivity index (χ0n) is 17.3. The molecule has 1 fully saturated rings. The lowest BCUT2D eigenvalue weighted by molar-refractivity contribution is -0.113. The average molecular weight is 454 g/mol. The van der Waals surface area contributed by atoms with Gasteiger partial charge in [0, 0.05) is 17.3 Å². The molecular weight excluding hydrogens is 434 g/mol. The summed E-state index contributed by atoms with van der Waals surface area (Å²) in [6, 6.07) is 27.7. The molecule has 156 valence electrons. The summed E-state index contributed by atoms with van der Waals surface area (Å²) >= 11 is 6.86. The molecule has 4 nitrogen and oxygen atoms in total. The van der Waals surface area contributed by atoms with E-state index in [4.69, 9.17) is 17.3 Å². The maximum absolute atomic E-state index is 13.3. The van der Waals surface area contributed by atoms with Crippen molar-refractivity contribution in [3.63, 3.8) is 0 Å². The molecule has 0 spiro atoms. The van der Waals surface area contributed by atoms with Gasteiger partial charge in [-0.05, 0) is 37.3 Å². The molecule has 3 aromatic carbocycles. The Hall–Kier alpha value is -3.48. The summed E-state index contributed by atoms with van der Waals surface area (Å²) in [7, 11) is 0. The molecule has 6 heteroatoms. The molecule has 0 bridgehead atoms. The number of aryl methyl sites for hydroxylation is 1. The maximum atomic E-state index is 13.3. The Labute approximate surface area is 196 Å². The maximum Gasteiger partial charge on any atom is 0.270 e. The topological polar surface area (TPSA) is 38.1 Å². The van der Waals surface area contributed by atoms with E-state index in [1.165, 1.54) is 11.8 Å². The van der Waals surface area contributed by atoms with Gasteiger partial charge in [-0.2, -0.15) is 5.10 Å². The molecule has 1 aliphatic heterocycles. The number of carbonyl (C=O) groups is 1. The Balaban J connectivity index is 1.57. The number of anilines is 1. The van der Waals surface area contributed by atoms with Crippen LogP contribution in [0, 0.1) is 6.92 Å². The van der Waals surface area contributed by atoms with Crippen molar-refractivity contribution in [3.05, 3.63) is 107 Å². The first-order valence-corrected chi connectivity index (χ1v) is 11.4. The van der Waals surface area contributed by atoms with Gasteiger partial charge in [0.1, 0.15) is 0 Å². The van der Waals surface area contributed by atoms with Gasteiger partial charge in [0.25, 0.3) is 5.91 Å². The van der Waals surface area contributed by atoms with E-state index in [2.05, 4.69) is 0 Å². The van der Waals surface area contributed by atoms with Gasteiger partial charge in [-0.15, -0.1) is 0 Å². The number of aromatic nitrogens is 2. The summed E-state index contributed by atoms with van der Waals surface area (Å²) in [5.74, 6) is -0.115. The van der Waals surface area contributed by atoms with Crippen LogP contribution in [0.2, 0.25) is 0 Å². The van der Waals surface area contributed by atoms with Gasteiger partial charge in [0.05, 0.1) is 22.0 Å². The lowest BCUT2D eigenvalue weighted by Gasteiger charge is -2.14. The van der Waals surface area contributed by atoms with Crippen LogP contribution >= 0.6 is 24.0 Å². The summed E-state index contributed by atoms with van der Waals surface area (Å²) in [5.41, 5.74) is 5.54. The molecule has 1 saturated heterocycles. The Morgan fingerprint density at radius 1 is 0.875 bits per heavy atom. The number of hydrogen-bond donors (Lipinski definition) is 0. The third-order valence-corrected chi connectivity index (χ3v) is 6.49. The number of para-hydroxylation sites is 1. The highest BCUT2D eigenvalue weighted by atomic mass is 32.2. The van der Waals surface area contributed by atoms with Crippen LogP contribution in [0.4, 0.5) is 5.69 Å². The van der Waals surface area contributed by atoms with E-state index in [0.29, 0.717) is 9.23 Å². The Morgan fingerprint density at radius 3 is 2.22 bits per heavy atom. The van der Waals surface area contributed by atoms with Crippen molar-refractivity contribution < 1.29 is 4.79 Å². The number of hydrogen-bond acceptors (Lipinski definition) is 4. The van der Waals surface area contributed by atoms with E-state index < -0.39 is 0 Å². The van der Waals surface area contributed by atoms with Crippen molar-refractivity contribution in [1.82, 2.24) is 9.78 Å². The van der Waals surface area contributed by atoms with Crippen LogP contribution in [0.3, 0.4) is 0 Å². The van der Waals surface area contributed by atoms with Gasteiger partial charge in [0.15, 0.2) is 4.32 Å². The van der Waals surface area contributed by atoms with E-state index in [1.54, 1.807) is 4.90 Å². The van der Waals surface area contributed by atoms with Gasteiger partial charge >= 0.3 is 0 Å². The number of thioether (sulfide) groups is 1. The van der Waals surface area contributed by atoms with E-state index >= 15 is 0 Å². The normalized spacial score (nSPS) is 15.0. The molecule has 32 heavy (non-hydrogen) atoms. The molecule has 2 heterocycles. The standard InChI is InChI=1S/C26H19N3OS2/c1-18-12-14-22(15-13-18)29-25(30)23(32-26(29)31)16-20-17-28(21-10-6-3-7-11-21)27-24(20)19-8-4-2-5-9-19/h2-17H,1H3/b23-16+. The molecule has 4 aromatic rings. The fourth-order valence-corrected chi connectivity index (χ4v) is 4.84. The van der Waals surface area contributed by atoms with Crippen LogP contribution < -0.4 is 4.90 Å². The molecule has 0 aliphatic carbocycles. The minimum atomic E-state index is -0.115. The minimum absolute atomic E-state index is 0.115. The molecule has 1 aliphatic rings. The summed E-state index contributed by atoms with van der Waals surface area (Å²) in [6.45, 7) is 2.02. The van der Waals surface area contributed by atoms with Crippen LogP contribution in [0.1, 0.15) is 11.1 Å². The third kappa shape index (κ3) is 3.90. The van der Waals surface area contributed by atoms with Crippen LogP contribution in [0.25, 0.3) is 23.0 Å². The lowest BCUT2D eigenvalue weighted by Crippen LogP contribution is -2.27. The zero-order chi connectivity index (χ0) is 22.1. The molecular formula is C26H19N3OS2. The van der Waals surface area contributed by atoms with E-state index in [1.807, 2.05) is 109 Å². The van der Waals surface area contributed by atoms with E-state index in [-0.39, 0.29) is 5.91 Å². The highest BCUT2D eigenvalue weighted by Gasteiger charge is 2.33. The largest absolute Gasteiger partial charge is 0.270 e. The predicted octanol–water partition coefficient (Wildman–Crippen LogP) is 6.25. The van der Waals surface area contributed by atoms with Gasteiger partial charge in [0.2, 0.25) is 0 Å². The van der Waals surface area contributed by atoms with Crippen molar-refractivity contribution in [2.45, 2.75) is 6.92 Å². The number of rotatable bonds is 4. The van der Waals surface area contributed by atoms with Gasteiger partial charge in [-0.3, -0.25) is 9.69 Å². The molecule has 0 radical (unpaired) electrons. The highest BCUT2D eigenvalue weighted by molar-refractivity contribution is 8.27. The van der Waals surface area contributed by atoms with E-state index in [0.717, 1.165) is 33.8 Å². The Kier molecular flexibility index (Phi) is 5.47. The van der Waals surface area contributed by atoms with Crippen molar-refractivity contribution in [2.24, 2.45) is 0 Å². The second kappa shape index (κ2) is 8.57. The number of benzene rings is 3. The smallest absolute Gasteiger partial charge is 0.268 e. The number of carbonyl (C=O) groups excluding carboxylic acids is 1. The first-order chi connectivity index (χ1) is 15.6. The average Bonchev–Trinajstić information content (AvgIpc) is 3.36. The molecule has 0 saturated carbocycles. The molecule has 1 amide bonds.